The Morgan fingerprint density at radius 1 is 1.21 bits per heavy atom. The molecule has 29 heavy (non-hydrogen) atoms. The highest BCUT2D eigenvalue weighted by Gasteiger charge is 2.14. The quantitative estimate of drug-likeness (QED) is 0.479. The van der Waals surface area contributed by atoms with E-state index >= 15 is 0 Å². The van der Waals surface area contributed by atoms with Crippen LogP contribution in [0.2, 0.25) is 5.02 Å². The van der Waals surface area contributed by atoms with E-state index in [0.29, 0.717) is 17.9 Å². The molecule has 8 heteroatoms. The molecule has 2 rings (SSSR count). The zero-order chi connectivity index (χ0) is 21.4. The van der Waals surface area contributed by atoms with E-state index in [0.717, 1.165) is 16.7 Å². The van der Waals surface area contributed by atoms with Gasteiger partial charge in [0.2, 0.25) is 5.91 Å². The largest absolute Gasteiger partial charge is 0.490 e. The van der Waals surface area contributed by atoms with E-state index in [4.69, 9.17) is 26.2 Å². The minimum atomic E-state index is -1.12. The second kappa shape index (κ2) is 10.5. The molecule has 1 amide bonds. The van der Waals surface area contributed by atoms with Gasteiger partial charge in [0.15, 0.2) is 18.1 Å². The van der Waals surface area contributed by atoms with Crippen LogP contribution in [0.5, 0.6) is 11.5 Å². The van der Waals surface area contributed by atoms with E-state index in [1.165, 1.54) is 6.21 Å². The van der Waals surface area contributed by atoms with Gasteiger partial charge in [-0.2, -0.15) is 5.10 Å². The Labute approximate surface area is 174 Å². The minimum Gasteiger partial charge on any atom is -0.490 e. The van der Waals surface area contributed by atoms with E-state index in [-0.39, 0.29) is 23.1 Å². The van der Waals surface area contributed by atoms with Crippen LogP contribution in [0.4, 0.5) is 0 Å². The van der Waals surface area contributed by atoms with Crippen LogP contribution in [0.25, 0.3) is 0 Å². The number of ether oxygens (including phenoxy) is 2. The minimum absolute atomic E-state index is 0.145. The van der Waals surface area contributed by atoms with Crippen molar-refractivity contribution in [1.29, 1.82) is 0 Å². The lowest BCUT2D eigenvalue weighted by atomic mass is 10.0. The second-order valence-corrected chi connectivity index (χ2v) is 6.75. The summed E-state index contributed by atoms with van der Waals surface area (Å²) in [6.45, 7) is 5.54. The highest BCUT2D eigenvalue weighted by molar-refractivity contribution is 6.32. The van der Waals surface area contributed by atoms with E-state index < -0.39 is 12.6 Å². The van der Waals surface area contributed by atoms with Crippen molar-refractivity contribution in [2.75, 3.05) is 13.2 Å². The average Bonchev–Trinajstić information content (AvgIpc) is 2.63. The summed E-state index contributed by atoms with van der Waals surface area (Å²) in [4.78, 5) is 22.9. The lowest BCUT2D eigenvalue weighted by molar-refractivity contribution is -0.139. The summed E-state index contributed by atoms with van der Waals surface area (Å²) in [6.07, 6.45) is 1.64. The van der Waals surface area contributed by atoms with Gasteiger partial charge in [-0.3, -0.25) is 4.79 Å². The highest BCUT2D eigenvalue weighted by Crippen LogP contribution is 2.36. The Kier molecular flexibility index (Phi) is 8.03. The van der Waals surface area contributed by atoms with Crippen molar-refractivity contribution in [3.8, 4) is 11.5 Å². The lowest BCUT2D eigenvalue weighted by Gasteiger charge is -2.13. The van der Waals surface area contributed by atoms with Crippen LogP contribution in [0.15, 0.2) is 35.4 Å². The maximum Gasteiger partial charge on any atom is 0.341 e. The van der Waals surface area contributed by atoms with Gasteiger partial charge < -0.3 is 14.6 Å². The maximum atomic E-state index is 12.1. The number of aliphatic carboxylic acids is 1. The molecule has 2 aromatic rings. The standard InChI is InChI=1S/C21H23ClN2O5/c1-4-28-18-9-15(8-17(22)21(18)29-12-20(26)27)11-23-24-19(25)10-16-6-5-13(2)7-14(16)3/h5-9,11H,4,10,12H2,1-3H3,(H,24,25)(H,26,27)/b23-11-. The molecule has 0 unspecified atom stereocenters. The van der Waals surface area contributed by atoms with Gasteiger partial charge in [-0.15, -0.1) is 0 Å². The zero-order valence-electron chi connectivity index (χ0n) is 16.5. The third-order valence-corrected chi connectivity index (χ3v) is 4.20. The summed E-state index contributed by atoms with van der Waals surface area (Å²) in [5.74, 6) is -0.928. The number of carboxylic acids is 1. The van der Waals surface area contributed by atoms with Gasteiger partial charge >= 0.3 is 5.97 Å². The SMILES string of the molecule is CCOc1cc(/C=N\NC(=O)Cc2ccc(C)cc2C)cc(Cl)c1OCC(=O)O. The molecule has 0 aliphatic rings. The number of amides is 1. The number of benzene rings is 2. The molecule has 0 saturated heterocycles. The number of hydrogen-bond donors (Lipinski definition) is 2. The molecule has 0 heterocycles. The monoisotopic (exact) mass is 418 g/mol. The predicted octanol–water partition coefficient (Wildman–Crippen LogP) is 3.51. The molecule has 0 aliphatic heterocycles. The molecule has 2 aromatic carbocycles. The molecule has 0 radical (unpaired) electrons. The molecule has 0 spiro atoms. The van der Waals surface area contributed by atoms with Crippen LogP contribution in [-0.4, -0.2) is 36.4 Å². The van der Waals surface area contributed by atoms with Gasteiger partial charge in [0.1, 0.15) is 0 Å². The van der Waals surface area contributed by atoms with Crippen molar-refractivity contribution in [2.24, 2.45) is 5.10 Å². The molecular formula is C21H23ClN2O5. The number of hydrazone groups is 1. The van der Waals surface area contributed by atoms with Crippen LogP contribution < -0.4 is 14.9 Å². The fourth-order valence-corrected chi connectivity index (χ4v) is 2.91. The molecule has 0 atom stereocenters. The first-order chi connectivity index (χ1) is 13.8. The molecule has 0 aliphatic carbocycles. The molecule has 0 saturated carbocycles. The number of halogens is 1. The van der Waals surface area contributed by atoms with Gasteiger partial charge in [-0.25, -0.2) is 10.2 Å². The number of carbonyl (C=O) groups is 2. The average molecular weight is 419 g/mol. The summed E-state index contributed by atoms with van der Waals surface area (Å²) < 4.78 is 10.7. The predicted molar refractivity (Wildman–Crippen MR) is 111 cm³/mol. The van der Waals surface area contributed by atoms with E-state index in [1.807, 2.05) is 32.0 Å². The van der Waals surface area contributed by atoms with Crippen molar-refractivity contribution < 1.29 is 24.2 Å². The first-order valence-electron chi connectivity index (χ1n) is 8.99. The van der Waals surface area contributed by atoms with Crippen molar-refractivity contribution in [1.82, 2.24) is 5.43 Å². The maximum absolute atomic E-state index is 12.1. The molecule has 0 aromatic heterocycles. The molecule has 154 valence electrons. The van der Waals surface area contributed by atoms with Gasteiger partial charge in [0, 0.05) is 0 Å². The highest BCUT2D eigenvalue weighted by atomic mass is 35.5. The van der Waals surface area contributed by atoms with Gasteiger partial charge in [-0.1, -0.05) is 35.4 Å². The van der Waals surface area contributed by atoms with Gasteiger partial charge in [-0.05, 0) is 49.6 Å². The van der Waals surface area contributed by atoms with Gasteiger partial charge in [0.05, 0.1) is 24.3 Å². The second-order valence-electron chi connectivity index (χ2n) is 6.35. The zero-order valence-corrected chi connectivity index (χ0v) is 17.2. The van der Waals surface area contributed by atoms with Crippen LogP contribution in [0, 0.1) is 13.8 Å². The molecule has 0 fully saturated rings. The summed E-state index contributed by atoms with van der Waals surface area (Å²) in [5, 5.41) is 12.9. The molecular weight excluding hydrogens is 396 g/mol. The smallest absolute Gasteiger partial charge is 0.341 e. The third kappa shape index (κ3) is 6.80. The Balaban J connectivity index is 2.07. The van der Waals surface area contributed by atoms with Crippen LogP contribution in [-0.2, 0) is 16.0 Å². The topological polar surface area (TPSA) is 97.2 Å². The Bertz CT molecular complexity index is 928. The molecule has 7 nitrogen and oxygen atoms in total. The Hall–Kier alpha value is -3.06. The number of aryl methyl sites for hydroxylation is 2. The lowest BCUT2D eigenvalue weighted by Crippen LogP contribution is -2.20. The van der Waals surface area contributed by atoms with Crippen molar-refractivity contribution >= 4 is 29.7 Å². The summed E-state index contributed by atoms with van der Waals surface area (Å²) in [5.41, 5.74) is 6.17. The van der Waals surface area contributed by atoms with E-state index in [9.17, 15) is 9.59 Å². The van der Waals surface area contributed by atoms with Crippen LogP contribution in [0.1, 0.15) is 29.2 Å². The van der Waals surface area contributed by atoms with Crippen molar-refractivity contribution in [2.45, 2.75) is 27.2 Å². The van der Waals surface area contributed by atoms with E-state index in [1.54, 1.807) is 19.1 Å². The molecule has 0 bridgehead atoms. The van der Waals surface area contributed by atoms with Gasteiger partial charge in [0.25, 0.3) is 0 Å². The first-order valence-corrected chi connectivity index (χ1v) is 9.37. The first kappa shape index (κ1) is 22.2. The fourth-order valence-electron chi connectivity index (χ4n) is 2.63. The number of hydrogen-bond acceptors (Lipinski definition) is 5. The number of carbonyl (C=O) groups excluding carboxylic acids is 1. The number of nitrogens with zero attached hydrogens (tertiary/aromatic N) is 1. The van der Waals surface area contributed by atoms with E-state index in [2.05, 4.69) is 10.5 Å². The van der Waals surface area contributed by atoms with Crippen molar-refractivity contribution in [3.63, 3.8) is 0 Å². The number of rotatable bonds is 9. The van der Waals surface area contributed by atoms with Crippen LogP contribution in [0.3, 0.4) is 0 Å². The normalized spacial score (nSPS) is 10.8. The number of nitrogens with one attached hydrogen (secondary N) is 1. The Morgan fingerprint density at radius 2 is 1.97 bits per heavy atom. The molecule has 2 N–H and O–H groups in total. The van der Waals surface area contributed by atoms with Crippen LogP contribution >= 0.6 is 11.6 Å². The Morgan fingerprint density at radius 3 is 2.62 bits per heavy atom. The third-order valence-electron chi connectivity index (χ3n) is 3.92. The summed E-state index contributed by atoms with van der Waals surface area (Å²) in [7, 11) is 0. The summed E-state index contributed by atoms with van der Waals surface area (Å²) >= 11 is 6.19. The van der Waals surface area contributed by atoms with Crippen molar-refractivity contribution in [3.05, 3.63) is 57.6 Å². The number of carboxylic acid groups (broad SMARTS) is 1. The fraction of sp³-hybridized carbons (Fsp3) is 0.286. The summed E-state index contributed by atoms with van der Waals surface area (Å²) in [6, 6.07) is 9.06.